The Hall–Kier alpha value is -8.65. The number of aromatic amines is 5. The number of nitrogens with zero attached hydrogens (tertiary/aromatic N) is 7. The maximum Gasteiger partial charge on any atom is 0.132 e. The second-order valence-corrected chi connectivity index (χ2v) is 14.7. The summed E-state index contributed by atoms with van der Waals surface area (Å²) in [6, 6.07) is 31.4. The van der Waals surface area contributed by atoms with Gasteiger partial charge in [-0.3, -0.25) is 30.2 Å². The summed E-state index contributed by atoms with van der Waals surface area (Å²) < 4.78 is 30.7. The van der Waals surface area contributed by atoms with E-state index < -0.39 is 5.82 Å². The molecule has 0 aliphatic heterocycles. The minimum absolute atomic E-state index is 0.277. The van der Waals surface area contributed by atoms with Crippen molar-refractivity contribution in [3.05, 3.63) is 152 Å². The summed E-state index contributed by atoms with van der Waals surface area (Å²) in [6.45, 7) is 0. The van der Waals surface area contributed by atoms with E-state index in [1.165, 1.54) is 18.2 Å². The average molecular weight is 799 g/mol. The maximum atomic E-state index is 16.4. The third-order valence-electron chi connectivity index (χ3n) is 11.1. The molecule has 5 N–H and O–H groups in total. The summed E-state index contributed by atoms with van der Waals surface area (Å²) in [5, 5.41) is 26.1. The van der Waals surface area contributed by atoms with Gasteiger partial charge in [-0.05, 0) is 82.9 Å². The molecule has 0 bridgehead atoms. The molecule has 0 atom stereocenters. The molecule has 0 radical (unpaired) electrons. The van der Waals surface area contributed by atoms with E-state index in [2.05, 4.69) is 56.5 Å². The summed E-state index contributed by atoms with van der Waals surface area (Å²) in [5.74, 6) is -0.769. The van der Waals surface area contributed by atoms with Crippen LogP contribution in [0.1, 0.15) is 0 Å². The third kappa shape index (κ3) is 5.68. The lowest BCUT2D eigenvalue weighted by Gasteiger charge is -2.11. The van der Waals surface area contributed by atoms with Crippen LogP contribution in [0.2, 0.25) is 0 Å². The molecular formula is C47H28F2N12. The molecule has 290 valence electrons. The van der Waals surface area contributed by atoms with E-state index in [0.717, 1.165) is 83.3 Å². The molecule has 4 aromatic carbocycles. The highest BCUT2D eigenvalue weighted by atomic mass is 19.1. The van der Waals surface area contributed by atoms with Gasteiger partial charge in [-0.2, -0.15) is 15.3 Å². The van der Waals surface area contributed by atoms with E-state index in [1.54, 1.807) is 49.3 Å². The highest BCUT2D eigenvalue weighted by Gasteiger charge is 2.22. The number of hydrogen-bond acceptors (Lipinski definition) is 7. The normalized spacial score (nSPS) is 11.8. The number of aromatic nitrogens is 12. The fourth-order valence-corrected chi connectivity index (χ4v) is 8.25. The van der Waals surface area contributed by atoms with Crippen LogP contribution in [0.5, 0.6) is 0 Å². The molecule has 61 heavy (non-hydrogen) atoms. The van der Waals surface area contributed by atoms with Crippen LogP contribution in [0.4, 0.5) is 8.78 Å². The van der Waals surface area contributed by atoms with Crippen molar-refractivity contribution in [1.29, 1.82) is 0 Å². The van der Waals surface area contributed by atoms with Crippen LogP contribution in [0, 0.1) is 11.6 Å². The Balaban J connectivity index is 0.995. The first-order chi connectivity index (χ1) is 30.0. The Labute approximate surface area is 342 Å². The Morgan fingerprint density at radius 3 is 1.97 bits per heavy atom. The number of hydrogen-bond donors (Lipinski definition) is 5. The number of rotatable bonds is 7. The van der Waals surface area contributed by atoms with E-state index in [-0.39, 0.29) is 11.4 Å². The van der Waals surface area contributed by atoms with Gasteiger partial charge in [0.15, 0.2) is 0 Å². The highest BCUT2D eigenvalue weighted by Crippen LogP contribution is 2.41. The van der Waals surface area contributed by atoms with Crippen LogP contribution in [-0.2, 0) is 0 Å². The number of benzene rings is 4. The lowest BCUT2D eigenvalue weighted by Crippen LogP contribution is -1.95. The smallest absolute Gasteiger partial charge is 0.132 e. The standard InChI is InChI=1S/C47H28F2N12/c48-27-5-1-4-24(14-27)28-6-2-8-36-30(28)17-41(56-36)45-34-19-39(43-22-50-12-13-51-43)57-46(47(34)61-60-45)32-15-25(10-11-35(32)49)29-7-3-9-37-31(29)16-40(55-37)44-33-18-38(26-20-53-54-21-26)52-23-42(33)58-59-44/h1-23,55-56H,(H,53,54)(H,58,59)(H,60,61). The molecule has 0 aliphatic rings. The zero-order chi connectivity index (χ0) is 40.6. The van der Waals surface area contributed by atoms with Crippen LogP contribution in [-0.4, -0.2) is 60.5 Å². The van der Waals surface area contributed by atoms with E-state index in [9.17, 15) is 4.39 Å². The van der Waals surface area contributed by atoms with E-state index in [1.807, 2.05) is 66.7 Å². The second kappa shape index (κ2) is 13.5. The molecular weight excluding hydrogens is 771 g/mol. The molecule has 0 saturated heterocycles. The summed E-state index contributed by atoms with van der Waals surface area (Å²) in [6.07, 6.45) is 10.1. The summed E-state index contributed by atoms with van der Waals surface area (Å²) in [5.41, 5.74) is 12.6. The van der Waals surface area contributed by atoms with Gasteiger partial charge in [-0.15, -0.1) is 0 Å². The SMILES string of the molecule is Fc1cccc(-c2cccc3[nH]c(-c4n[nH]c5c(-c6cc(-c7cccc8[nH]c(-c9n[nH]c%10cnc(-c%11cn[nH]c%11)cc9%10)cc78)ccc6F)nc(-c6cnccn6)cc45)cc23)c1. The molecule has 0 fully saturated rings. The van der Waals surface area contributed by atoms with Crippen molar-refractivity contribution in [3.8, 4) is 78.9 Å². The summed E-state index contributed by atoms with van der Waals surface area (Å²) in [4.78, 5) is 25.5. The predicted octanol–water partition coefficient (Wildman–Crippen LogP) is 10.7. The number of nitrogens with one attached hydrogen (secondary N) is 5. The lowest BCUT2D eigenvalue weighted by atomic mass is 9.97. The quantitative estimate of drug-likeness (QED) is 0.107. The van der Waals surface area contributed by atoms with Crippen molar-refractivity contribution in [2.75, 3.05) is 0 Å². The number of H-pyrrole nitrogens is 5. The number of pyridine rings is 2. The fraction of sp³-hybridized carbons (Fsp3) is 0. The van der Waals surface area contributed by atoms with Gasteiger partial charge in [-0.25, -0.2) is 13.8 Å². The predicted molar refractivity (Wildman–Crippen MR) is 231 cm³/mol. The molecule has 12 rings (SSSR count). The minimum atomic E-state index is -0.456. The lowest BCUT2D eigenvalue weighted by molar-refractivity contribution is 0.628. The minimum Gasteiger partial charge on any atom is -0.353 e. The molecule has 12 aromatic rings. The van der Waals surface area contributed by atoms with Crippen molar-refractivity contribution in [1.82, 2.24) is 60.5 Å². The van der Waals surface area contributed by atoms with Crippen molar-refractivity contribution in [2.45, 2.75) is 0 Å². The van der Waals surface area contributed by atoms with E-state index in [4.69, 9.17) is 10.1 Å². The van der Waals surface area contributed by atoms with Crippen molar-refractivity contribution >= 4 is 43.6 Å². The highest BCUT2D eigenvalue weighted by molar-refractivity contribution is 6.06. The Morgan fingerprint density at radius 2 is 1.23 bits per heavy atom. The van der Waals surface area contributed by atoms with Crippen LogP contribution < -0.4 is 0 Å². The molecule has 0 unspecified atom stereocenters. The van der Waals surface area contributed by atoms with E-state index in [0.29, 0.717) is 33.7 Å². The van der Waals surface area contributed by atoms with Gasteiger partial charge in [0.2, 0.25) is 0 Å². The van der Waals surface area contributed by atoms with Gasteiger partial charge in [0.05, 0.1) is 58.1 Å². The number of halogens is 2. The first-order valence-corrected chi connectivity index (χ1v) is 19.3. The largest absolute Gasteiger partial charge is 0.353 e. The molecule has 14 heteroatoms. The first-order valence-electron chi connectivity index (χ1n) is 19.3. The molecule has 0 amide bonds. The van der Waals surface area contributed by atoms with Crippen molar-refractivity contribution in [3.63, 3.8) is 0 Å². The molecule has 12 nitrogen and oxygen atoms in total. The van der Waals surface area contributed by atoms with Gasteiger partial charge in [0.25, 0.3) is 0 Å². The molecule has 8 heterocycles. The molecule has 8 aromatic heterocycles. The topological polar surface area (TPSA) is 169 Å². The number of fused-ring (bicyclic) bond motifs is 4. The monoisotopic (exact) mass is 798 g/mol. The van der Waals surface area contributed by atoms with Crippen molar-refractivity contribution in [2.24, 2.45) is 0 Å². The second-order valence-electron chi connectivity index (χ2n) is 14.7. The first kappa shape index (κ1) is 34.4. The molecule has 0 spiro atoms. The fourth-order valence-electron chi connectivity index (χ4n) is 8.25. The summed E-state index contributed by atoms with van der Waals surface area (Å²) in [7, 11) is 0. The van der Waals surface area contributed by atoms with Crippen LogP contribution >= 0.6 is 0 Å². The molecule has 0 saturated carbocycles. The van der Waals surface area contributed by atoms with Crippen LogP contribution in [0.3, 0.4) is 0 Å². The summed E-state index contributed by atoms with van der Waals surface area (Å²) >= 11 is 0. The third-order valence-corrected chi connectivity index (χ3v) is 11.1. The Kier molecular flexibility index (Phi) is 7.59. The van der Waals surface area contributed by atoms with Gasteiger partial charge < -0.3 is 9.97 Å². The molecule has 0 aliphatic carbocycles. The van der Waals surface area contributed by atoms with Gasteiger partial charge in [0.1, 0.15) is 28.7 Å². The maximum absolute atomic E-state index is 16.4. The van der Waals surface area contributed by atoms with Gasteiger partial charge in [-0.1, -0.05) is 42.5 Å². The van der Waals surface area contributed by atoms with Gasteiger partial charge in [0, 0.05) is 62.3 Å². The van der Waals surface area contributed by atoms with Gasteiger partial charge >= 0.3 is 0 Å². The Bertz CT molecular complexity index is 3640. The zero-order valence-corrected chi connectivity index (χ0v) is 31.7. The Morgan fingerprint density at radius 1 is 0.492 bits per heavy atom. The zero-order valence-electron chi connectivity index (χ0n) is 31.7. The van der Waals surface area contributed by atoms with Crippen molar-refractivity contribution < 1.29 is 8.78 Å². The van der Waals surface area contributed by atoms with Crippen LogP contribution in [0.15, 0.2) is 140 Å². The average Bonchev–Trinajstić information content (AvgIpc) is 4.15. The van der Waals surface area contributed by atoms with E-state index >= 15 is 4.39 Å². The van der Waals surface area contributed by atoms with Crippen LogP contribution in [0.25, 0.3) is 123 Å².